The van der Waals surface area contributed by atoms with Gasteiger partial charge in [-0.3, -0.25) is 9.78 Å². The van der Waals surface area contributed by atoms with Crippen molar-refractivity contribution in [2.75, 3.05) is 26.2 Å². The van der Waals surface area contributed by atoms with Crippen molar-refractivity contribution in [2.45, 2.75) is 70.3 Å². The molecule has 3 rings (SSSR count). The van der Waals surface area contributed by atoms with Crippen LogP contribution in [0.1, 0.15) is 62.6 Å². The van der Waals surface area contributed by atoms with Crippen LogP contribution in [0.15, 0.2) is 18.3 Å². The van der Waals surface area contributed by atoms with Gasteiger partial charge in [0.15, 0.2) is 5.60 Å². The lowest BCUT2D eigenvalue weighted by molar-refractivity contribution is -0.156. The molecule has 1 atom stereocenters. The quantitative estimate of drug-likeness (QED) is 0.688. The zero-order valence-electron chi connectivity index (χ0n) is 16.8. The van der Waals surface area contributed by atoms with Crippen molar-refractivity contribution in [3.05, 3.63) is 29.6 Å². The van der Waals surface area contributed by atoms with Crippen molar-refractivity contribution >= 4 is 5.91 Å². The summed E-state index contributed by atoms with van der Waals surface area (Å²) in [6.07, 6.45) is 11.8. The number of piperidine rings is 1. The van der Waals surface area contributed by atoms with Crippen molar-refractivity contribution in [2.24, 2.45) is 5.92 Å². The van der Waals surface area contributed by atoms with Crippen molar-refractivity contribution in [1.82, 2.24) is 15.2 Å². The number of aryl methyl sites for hydroxylation is 1. The van der Waals surface area contributed by atoms with E-state index in [-0.39, 0.29) is 5.91 Å². The number of hydrogen-bond donors (Lipinski definition) is 2. The Morgan fingerprint density at radius 3 is 2.89 bits per heavy atom. The van der Waals surface area contributed by atoms with Crippen molar-refractivity contribution in [3.8, 4) is 0 Å². The molecule has 27 heavy (non-hydrogen) atoms. The summed E-state index contributed by atoms with van der Waals surface area (Å²) in [5, 5.41) is 14.2. The summed E-state index contributed by atoms with van der Waals surface area (Å²) >= 11 is 0. The Bertz CT molecular complexity index is 615. The molecule has 1 aliphatic carbocycles. The largest absolute Gasteiger partial charge is 0.379 e. The minimum atomic E-state index is -1.25. The first kappa shape index (κ1) is 20.3. The highest BCUT2D eigenvalue weighted by Gasteiger charge is 2.41. The maximum absolute atomic E-state index is 12.9. The Labute approximate surface area is 163 Å². The fourth-order valence-corrected chi connectivity index (χ4v) is 4.54. The third kappa shape index (κ3) is 5.52. The van der Waals surface area contributed by atoms with E-state index < -0.39 is 5.60 Å². The van der Waals surface area contributed by atoms with E-state index in [1.807, 2.05) is 17.2 Å². The molecule has 0 spiro atoms. The minimum absolute atomic E-state index is 0.0777. The normalized spacial score (nSPS) is 24.4. The number of carbonyl (C=O) groups excluding carboxylic acids is 1. The van der Waals surface area contributed by atoms with Gasteiger partial charge in [-0.2, -0.15) is 0 Å². The molecular weight excluding hydrogens is 338 g/mol. The topological polar surface area (TPSA) is 65.5 Å². The van der Waals surface area contributed by atoms with E-state index in [0.29, 0.717) is 13.0 Å². The number of rotatable bonds is 8. The lowest BCUT2D eigenvalue weighted by Crippen LogP contribution is -2.58. The first-order valence-electron chi connectivity index (χ1n) is 10.7. The first-order valence-corrected chi connectivity index (χ1v) is 10.7. The molecule has 0 radical (unpaired) electrons. The molecule has 5 nitrogen and oxygen atoms in total. The second kappa shape index (κ2) is 9.65. The fourth-order valence-electron chi connectivity index (χ4n) is 4.54. The third-order valence-electron chi connectivity index (χ3n) is 6.31. The number of nitrogens with one attached hydrogen (secondary N) is 1. The molecule has 1 amide bonds. The zero-order chi connectivity index (χ0) is 19.1. The van der Waals surface area contributed by atoms with E-state index in [1.54, 1.807) is 0 Å². The molecule has 1 aliphatic heterocycles. The van der Waals surface area contributed by atoms with Gasteiger partial charge in [0.2, 0.25) is 0 Å². The number of pyridine rings is 1. The lowest BCUT2D eigenvalue weighted by Gasteiger charge is -2.39. The van der Waals surface area contributed by atoms with Gasteiger partial charge in [0.25, 0.3) is 5.91 Å². The monoisotopic (exact) mass is 373 g/mol. The Kier molecular flexibility index (Phi) is 7.25. The van der Waals surface area contributed by atoms with Crippen LogP contribution in [0.25, 0.3) is 0 Å². The van der Waals surface area contributed by atoms with E-state index in [0.717, 1.165) is 50.5 Å². The molecule has 1 saturated heterocycles. The van der Waals surface area contributed by atoms with Crippen LogP contribution in [-0.2, 0) is 11.2 Å². The van der Waals surface area contributed by atoms with Crippen molar-refractivity contribution in [1.29, 1.82) is 0 Å². The molecule has 0 unspecified atom stereocenters. The maximum Gasteiger partial charge on any atom is 0.255 e. The van der Waals surface area contributed by atoms with Crippen LogP contribution in [0, 0.1) is 12.8 Å². The summed E-state index contributed by atoms with van der Waals surface area (Å²) in [5.41, 5.74) is 1.01. The van der Waals surface area contributed by atoms with E-state index in [9.17, 15) is 9.90 Å². The van der Waals surface area contributed by atoms with Gasteiger partial charge >= 0.3 is 0 Å². The Morgan fingerprint density at radius 2 is 2.11 bits per heavy atom. The molecular formula is C22H35N3O2. The molecule has 2 fully saturated rings. The average Bonchev–Trinajstić information content (AvgIpc) is 2.69. The zero-order valence-corrected chi connectivity index (χ0v) is 16.8. The molecule has 2 N–H and O–H groups in total. The van der Waals surface area contributed by atoms with Crippen LogP contribution in [0.4, 0.5) is 0 Å². The molecule has 150 valence electrons. The highest BCUT2D eigenvalue weighted by Crippen LogP contribution is 2.28. The Morgan fingerprint density at radius 1 is 1.30 bits per heavy atom. The van der Waals surface area contributed by atoms with Crippen LogP contribution in [0.5, 0.6) is 0 Å². The second-order valence-corrected chi connectivity index (χ2v) is 8.41. The van der Waals surface area contributed by atoms with E-state index >= 15 is 0 Å². The molecule has 0 aromatic carbocycles. The number of amides is 1. The standard InChI is InChI=1S/C22H35N3O2/c1-18-7-5-13-24-20(18)10-14-23-17-22(27)12-6-15-25(21(22)26)16-11-19-8-3-2-4-9-19/h5,7,13,19,23,27H,2-4,6,8-12,14-17H2,1H3/t22-/m0/s1. The molecule has 1 aromatic rings. The van der Waals surface area contributed by atoms with Crippen LogP contribution in [-0.4, -0.2) is 52.7 Å². The summed E-state index contributed by atoms with van der Waals surface area (Å²) in [6.45, 7) is 4.71. The van der Waals surface area contributed by atoms with Gasteiger partial charge in [-0.25, -0.2) is 0 Å². The molecule has 0 bridgehead atoms. The highest BCUT2D eigenvalue weighted by molar-refractivity contribution is 5.86. The third-order valence-corrected chi connectivity index (χ3v) is 6.31. The van der Waals surface area contributed by atoms with E-state index in [4.69, 9.17) is 0 Å². The van der Waals surface area contributed by atoms with Gasteiger partial charge in [-0.15, -0.1) is 0 Å². The van der Waals surface area contributed by atoms with E-state index in [1.165, 1.54) is 37.7 Å². The molecule has 2 heterocycles. The van der Waals surface area contributed by atoms with Crippen LogP contribution in [0.2, 0.25) is 0 Å². The average molecular weight is 374 g/mol. The smallest absolute Gasteiger partial charge is 0.255 e. The number of hydrogen-bond acceptors (Lipinski definition) is 4. The van der Waals surface area contributed by atoms with Gasteiger partial charge in [-0.05, 0) is 43.7 Å². The summed E-state index contributed by atoms with van der Waals surface area (Å²) in [6, 6.07) is 4.00. The summed E-state index contributed by atoms with van der Waals surface area (Å²) < 4.78 is 0. The van der Waals surface area contributed by atoms with Gasteiger partial charge in [0, 0.05) is 44.5 Å². The predicted molar refractivity (Wildman–Crippen MR) is 108 cm³/mol. The molecule has 1 saturated carbocycles. The van der Waals surface area contributed by atoms with Crippen molar-refractivity contribution < 1.29 is 9.90 Å². The summed E-state index contributed by atoms with van der Waals surface area (Å²) in [4.78, 5) is 19.2. The lowest BCUT2D eigenvalue weighted by atomic mass is 9.86. The SMILES string of the molecule is Cc1cccnc1CCNC[C@@]1(O)CCCN(CCC2CCCCC2)C1=O. The van der Waals surface area contributed by atoms with E-state index in [2.05, 4.69) is 23.3 Å². The fraction of sp³-hybridized carbons (Fsp3) is 0.727. The Balaban J connectivity index is 1.44. The number of aromatic nitrogens is 1. The maximum atomic E-state index is 12.9. The first-order chi connectivity index (χ1) is 13.1. The van der Waals surface area contributed by atoms with Crippen molar-refractivity contribution in [3.63, 3.8) is 0 Å². The molecule has 5 heteroatoms. The number of aliphatic hydroxyl groups is 1. The molecule has 2 aliphatic rings. The second-order valence-electron chi connectivity index (χ2n) is 8.41. The molecule has 1 aromatic heterocycles. The number of nitrogens with zero attached hydrogens (tertiary/aromatic N) is 2. The predicted octanol–water partition coefficient (Wildman–Crippen LogP) is 2.85. The summed E-state index contributed by atoms with van der Waals surface area (Å²) in [7, 11) is 0. The number of carbonyl (C=O) groups is 1. The van der Waals surface area contributed by atoms with Gasteiger partial charge in [0.05, 0.1) is 0 Å². The van der Waals surface area contributed by atoms with Crippen LogP contribution < -0.4 is 5.32 Å². The van der Waals surface area contributed by atoms with Gasteiger partial charge < -0.3 is 15.3 Å². The van der Waals surface area contributed by atoms with Crippen LogP contribution in [0.3, 0.4) is 0 Å². The minimum Gasteiger partial charge on any atom is -0.379 e. The highest BCUT2D eigenvalue weighted by atomic mass is 16.3. The Hall–Kier alpha value is -1.46. The summed E-state index contributed by atoms with van der Waals surface area (Å²) in [5.74, 6) is 0.687. The van der Waals surface area contributed by atoms with Gasteiger partial charge in [0.1, 0.15) is 0 Å². The van der Waals surface area contributed by atoms with Gasteiger partial charge in [-0.1, -0.05) is 38.2 Å². The van der Waals surface area contributed by atoms with Crippen LogP contribution >= 0.6 is 0 Å². The number of likely N-dealkylation sites (tertiary alicyclic amines) is 1.